The minimum atomic E-state index is -0.610. The third-order valence-corrected chi connectivity index (χ3v) is 5.77. The first-order valence-electron chi connectivity index (χ1n) is 8.78. The number of hydrogen-bond donors (Lipinski definition) is 0. The van der Waals surface area contributed by atoms with Gasteiger partial charge in [0.1, 0.15) is 5.92 Å². The Kier molecular flexibility index (Phi) is 4.16. The lowest BCUT2D eigenvalue weighted by atomic mass is 9.73. The predicted molar refractivity (Wildman–Crippen MR) is 95.4 cm³/mol. The van der Waals surface area contributed by atoms with Gasteiger partial charge in [-0.3, -0.25) is 9.59 Å². The molecule has 25 heavy (non-hydrogen) atoms. The van der Waals surface area contributed by atoms with Crippen LogP contribution in [0.1, 0.15) is 43.2 Å². The summed E-state index contributed by atoms with van der Waals surface area (Å²) in [6.45, 7) is 2.05. The Morgan fingerprint density at radius 3 is 2.36 bits per heavy atom. The van der Waals surface area contributed by atoms with Crippen LogP contribution in [0.4, 0.5) is 0 Å². The van der Waals surface area contributed by atoms with Gasteiger partial charge in [-0.2, -0.15) is 0 Å². The standard InChI is InChI=1S/C20H19ClN2O2/c1-2-11-3-4-12(16-7-8-17(21)23-22-16)10-15(11)18-19(24)13-5-6-14(9-13)20(18)25/h3-4,7-8,10,13-14,18H,2,5-6,9H2,1H3/t13-,14+,18?. The molecular formula is C20H19ClN2O2. The van der Waals surface area contributed by atoms with Gasteiger partial charge in [-0.15, -0.1) is 10.2 Å². The van der Waals surface area contributed by atoms with Crippen molar-refractivity contribution in [2.45, 2.75) is 38.5 Å². The highest BCUT2D eigenvalue weighted by molar-refractivity contribution is 6.29. The van der Waals surface area contributed by atoms with Crippen molar-refractivity contribution in [1.82, 2.24) is 10.2 Å². The Balaban J connectivity index is 1.80. The third kappa shape index (κ3) is 2.78. The number of aromatic nitrogens is 2. The van der Waals surface area contributed by atoms with Crippen LogP contribution in [-0.4, -0.2) is 21.8 Å². The van der Waals surface area contributed by atoms with Crippen molar-refractivity contribution in [3.05, 3.63) is 46.6 Å². The van der Waals surface area contributed by atoms with Crippen molar-refractivity contribution >= 4 is 23.2 Å². The minimum Gasteiger partial charge on any atom is -0.298 e. The number of fused-ring (bicyclic) bond motifs is 2. The van der Waals surface area contributed by atoms with Crippen LogP contribution >= 0.6 is 11.6 Å². The van der Waals surface area contributed by atoms with Crippen LogP contribution in [-0.2, 0) is 16.0 Å². The molecule has 1 aromatic carbocycles. The van der Waals surface area contributed by atoms with Gasteiger partial charge >= 0.3 is 0 Å². The van der Waals surface area contributed by atoms with Gasteiger partial charge in [-0.1, -0.05) is 30.7 Å². The molecule has 2 saturated carbocycles. The maximum absolute atomic E-state index is 12.9. The van der Waals surface area contributed by atoms with Gasteiger partial charge in [-0.05, 0) is 55.0 Å². The van der Waals surface area contributed by atoms with E-state index in [1.54, 1.807) is 12.1 Å². The van der Waals surface area contributed by atoms with Gasteiger partial charge in [0, 0.05) is 17.4 Å². The maximum atomic E-state index is 12.9. The molecule has 2 fully saturated rings. The van der Waals surface area contributed by atoms with E-state index in [4.69, 9.17) is 11.6 Å². The number of halogens is 1. The number of Topliss-reactive ketones (excluding diaryl/α,β-unsaturated/α-hetero) is 2. The number of rotatable bonds is 3. The lowest BCUT2D eigenvalue weighted by molar-refractivity contribution is -0.135. The molecule has 2 aromatic rings. The maximum Gasteiger partial charge on any atom is 0.151 e. The van der Waals surface area contributed by atoms with Crippen molar-refractivity contribution in [3.8, 4) is 11.3 Å². The average molecular weight is 355 g/mol. The van der Waals surface area contributed by atoms with Gasteiger partial charge in [0.05, 0.1) is 5.69 Å². The summed E-state index contributed by atoms with van der Waals surface area (Å²) in [5.41, 5.74) is 3.45. The second-order valence-electron chi connectivity index (χ2n) is 6.95. The number of nitrogens with zero attached hydrogens (tertiary/aromatic N) is 2. The highest BCUT2D eigenvalue weighted by Gasteiger charge is 2.47. The van der Waals surface area contributed by atoms with E-state index >= 15 is 0 Å². The molecule has 3 atom stereocenters. The molecule has 5 heteroatoms. The van der Waals surface area contributed by atoms with Crippen molar-refractivity contribution in [3.63, 3.8) is 0 Å². The molecule has 2 bridgehead atoms. The van der Waals surface area contributed by atoms with Crippen molar-refractivity contribution in [2.24, 2.45) is 11.8 Å². The highest BCUT2D eigenvalue weighted by Crippen LogP contribution is 2.45. The first-order valence-corrected chi connectivity index (χ1v) is 9.16. The van der Waals surface area contributed by atoms with Gasteiger partial charge in [0.15, 0.2) is 16.7 Å². The lowest BCUT2D eigenvalue weighted by Crippen LogP contribution is -2.35. The van der Waals surface area contributed by atoms with E-state index in [2.05, 4.69) is 10.2 Å². The SMILES string of the molecule is CCc1ccc(-c2ccc(Cl)nn2)cc1C1C(=O)[C@@H]2CC[C@@H](C2)C1=O. The van der Waals surface area contributed by atoms with E-state index in [1.165, 1.54) is 0 Å². The monoisotopic (exact) mass is 354 g/mol. The number of benzene rings is 1. The topological polar surface area (TPSA) is 59.9 Å². The van der Waals surface area contributed by atoms with Gasteiger partial charge in [0.2, 0.25) is 0 Å². The summed E-state index contributed by atoms with van der Waals surface area (Å²) in [6.07, 6.45) is 3.25. The van der Waals surface area contributed by atoms with Gasteiger partial charge < -0.3 is 0 Å². The fourth-order valence-electron chi connectivity index (χ4n) is 4.23. The summed E-state index contributed by atoms with van der Waals surface area (Å²) in [4.78, 5) is 25.8. The Labute approximate surface area is 151 Å². The largest absolute Gasteiger partial charge is 0.298 e. The predicted octanol–water partition coefficient (Wildman–Crippen LogP) is 4.01. The van der Waals surface area contributed by atoms with E-state index in [0.717, 1.165) is 42.4 Å². The van der Waals surface area contributed by atoms with E-state index in [-0.39, 0.29) is 23.4 Å². The van der Waals surface area contributed by atoms with Crippen LogP contribution in [0.25, 0.3) is 11.3 Å². The number of ketones is 2. The number of carbonyl (C=O) groups excluding carboxylic acids is 2. The fourth-order valence-corrected chi connectivity index (χ4v) is 4.33. The van der Waals surface area contributed by atoms with E-state index in [1.807, 2.05) is 25.1 Å². The fraction of sp³-hybridized carbons (Fsp3) is 0.400. The number of hydrogen-bond acceptors (Lipinski definition) is 4. The summed E-state index contributed by atoms with van der Waals surface area (Å²) in [6, 6.07) is 9.40. The molecule has 0 saturated heterocycles. The second-order valence-corrected chi connectivity index (χ2v) is 7.34. The quantitative estimate of drug-likeness (QED) is 0.781. The Morgan fingerprint density at radius 2 is 1.76 bits per heavy atom. The van der Waals surface area contributed by atoms with Crippen LogP contribution in [0.2, 0.25) is 5.15 Å². The molecule has 1 aromatic heterocycles. The van der Waals surface area contributed by atoms with E-state index < -0.39 is 5.92 Å². The molecule has 0 radical (unpaired) electrons. The smallest absolute Gasteiger partial charge is 0.151 e. The van der Waals surface area contributed by atoms with Gasteiger partial charge in [0.25, 0.3) is 0 Å². The first-order chi connectivity index (χ1) is 12.1. The Bertz CT molecular complexity index is 825. The van der Waals surface area contributed by atoms with Gasteiger partial charge in [-0.25, -0.2) is 0 Å². The minimum absolute atomic E-state index is 0.0522. The normalized spacial score (nSPS) is 25.4. The molecule has 1 unspecified atom stereocenters. The molecule has 4 nitrogen and oxygen atoms in total. The average Bonchev–Trinajstić information content (AvgIpc) is 3.08. The van der Waals surface area contributed by atoms with E-state index in [9.17, 15) is 9.59 Å². The summed E-state index contributed by atoms with van der Waals surface area (Å²) in [7, 11) is 0. The summed E-state index contributed by atoms with van der Waals surface area (Å²) >= 11 is 5.81. The zero-order valence-electron chi connectivity index (χ0n) is 14.0. The Hall–Kier alpha value is -2.07. The van der Waals surface area contributed by atoms with Crippen molar-refractivity contribution < 1.29 is 9.59 Å². The van der Waals surface area contributed by atoms with Crippen LogP contribution < -0.4 is 0 Å². The Morgan fingerprint density at radius 1 is 1.04 bits per heavy atom. The van der Waals surface area contributed by atoms with Crippen molar-refractivity contribution in [2.75, 3.05) is 0 Å². The highest BCUT2D eigenvalue weighted by atomic mass is 35.5. The van der Waals surface area contributed by atoms with Crippen LogP contribution in [0.3, 0.4) is 0 Å². The zero-order chi connectivity index (χ0) is 17.6. The number of aryl methyl sites for hydroxylation is 1. The molecule has 2 aliphatic rings. The van der Waals surface area contributed by atoms with Crippen LogP contribution in [0.5, 0.6) is 0 Å². The first kappa shape index (κ1) is 16.4. The van der Waals surface area contributed by atoms with Crippen molar-refractivity contribution in [1.29, 1.82) is 0 Å². The summed E-state index contributed by atoms with van der Waals surface area (Å²) in [5.74, 6) is -0.297. The van der Waals surface area contributed by atoms with E-state index in [0.29, 0.717) is 10.8 Å². The second kappa shape index (κ2) is 6.34. The zero-order valence-corrected chi connectivity index (χ0v) is 14.8. The molecule has 1 heterocycles. The molecule has 0 aliphatic heterocycles. The summed E-state index contributed by atoms with van der Waals surface area (Å²) < 4.78 is 0. The lowest BCUT2D eigenvalue weighted by Gasteiger charge is -2.27. The molecule has 0 amide bonds. The molecule has 0 spiro atoms. The molecule has 0 N–H and O–H groups in total. The molecule has 128 valence electrons. The van der Waals surface area contributed by atoms with Crippen LogP contribution in [0.15, 0.2) is 30.3 Å². The molecule has 4 rings (SSSR count). The van der Waals surface area contributed by atoms with Crippen LogP contribution in [0, 0.1) is 11.8 Å². The number of carbonyl (C=O) groups is 2. The third-order valence-electron chi connectivity index (χ3n) is 5.57. The molecular weight excluding hydrogens is 336 g/mol. The molecule has 2 aliphatic carbocycles. The summed E-state index contributed by atoms with van der Waals surface area (Å²) in [5, 5.41) is 8.34.